The molecule has 0 spiro atoms. The summed E-state index contributed by atoms with van der Waals surface area (Å²) in [6.07, 6.45) is 4.32. The van der Waals surface area contributed by atoms with Gasteiger partial charge >= 0.3 is 0 Å². The summed E-state index contributed by atoms with van der Waals surface area (Å²) in [4.78, 5) is 0. The van der Waals surface area contributed by atoms with Crippen LogP contribution in [0.25, 0.3) is 54.9 Å². The minimum Gasteiger partial charge on any atom is -0.508 e. The van der Waals surface area contributed by atoms with Gasteiger partial charge in [0.05, 0.1) is 5.41 Å². The first-order valence-electron chi connectivity index (χ1n) is 18.9. The molecule has 0 saturated heterocycles. The molecular weight excluding hydrogens is 645 g/mol. The molecule has 0 amide bonds. The van der Waals surface area contributed by atoms with Crippen LogP contribution < -0.4 is 0 Å². The largest absolute Gasteiger partial charge is 0.508 e. The highest BCUT2D eigenvalue weighted by Crippen LogP contribution is 2.58. The van der Waals surface area contributed by atoms with Gasteiger partial charge in [-0.1, -0.05) is 136 Å². The third kappa shape index (κ3) is 5.57. The summed E-state index contributed by atoms with van der Waals surface area (Å²) in [5, 5.41) is 24.9. The van der Waals surface area contributed by atoms with Crippen molar-refractivity contribution in [3.05, 3.63) is 191 Å². The van der Waals surface area contributed by atoms with Gasteiger partial charge in [0.1, 0.15) is 11.5 Å². The van der Waals surface area contributed by atoms with Gasteiger partial charge in [-0.2, -0.15) is 0 Å². The third-order valence-electron chi connectivity index (χ3n) is 11.2. The highest BCUT2D eigenvalue weighted by molar-refractivity contribution is 5.94. The van der Waals surface area contributed by atoms with Crippen molar-refractivity contribution < 1.29 is 10.2 Å². The Bertz CT molecular complexity index is 2500. The van der Waals surface area contributed by atoms with Crippen LogP contribution in [0.1, 0.15) is 60.1 Å². The van der Waals surface area contributed by atoms with Crippen molar-refractivity contribution in [3.8, 4) is 44.9 Å². The molecule has 8 aromatic carbocycles. The molecule has 0 radical (unpaired) electrons. The number of aromatic hydroxyl groups is 2. The van der Waals surface area contributed by atoms with E-state index in [1.165, 1.54) is 66.8 Å². The zero-order valence-electron chi connectivity index (χ0n) is 30.2. The molecule has 53 heavy (non-hydrogen) atoms. The molecule has 2 heteroatoms. The normalized spacial score (nSPS) is 12.9. The number of benzene rings is 8. The highest BCUT2D eigenvalue weighted by atomic mass is 16.3. The minimum absolute atomic E-state index is 0.263. The molecule has 2 N–H and O–H groups in total. The SMILES string of the molecule is CCCc1cccc(-c2ccc3c(c2)C(c2ccc4cc(O)ccc4c2)(c2ccc4cc(O)ccc4c2)c2cc(-c4cccc(CCC)c4)ccc2-3)c1. The molecule has 0 saturated carbocycles. The second-order valence-corrected chi connectivity index (χ2v) is 14.7. The van der Waals surface area contributed by atoms with Gasteiger partial charge in [0.25, 0.3) is 0 Å². The van der Waals surface area contributed by atoms with Crippen molar-refractivity contribution in [2.45, 2.75) is 44.9 Å². The quantitative estimate of drug-likeness (QED) is 0.167. The molecule has 2 nitrogen and oxygen atoms in total. The Hall–Kier alpha value is -6.12. The molecule has 8 aromatic rings. The van der Waals surface area contributed by atoms with Crippen molar-refractivity contribution in [2.75, 3.05) is 0 Å². The number of rotatable bonds is 8. The molecule has 9 rings (SSSR count). The summed E-state index contributed by atoms with van der Waals surface area (Å²) in [5.74, 6) is 0.526. The maximum Gasteiger partial charge on any atom is 0.116 e. The second-order valence-electron chi connectivity index (χ2n) is 14.7. The lowest BCUT2D eigenvalue weighted by Gasteiger charge is -2.35. The van der Waals surface area contributed by atoms with E-state index in [1.807, 2.05) is 24.3 Å². The van der Waals surface area contributed by atoms with E-state index in [0.29, 0.717) is 0 Å². The van der Waals surface area contributed by atoms with Crippen LogP contribution >= 0.6 is 0 Å². The number of hydrogen-bond donors (Lipinski definition) is 2. The Balaban J connectivity index is 1.38. The number of phenolic OH excluding ortho intramolecular Hbond substituents is 2. The summed E-state index contributed by atoms with van der Waals surface area (Å²) in [6.45, 7) is 4.47. The fourth-order valence-electron chi connectivity index (χ4n) is 8.79. The summed E-state index contributed by atoms with van der Waals surface area (Å²) in [7, 11) is 0. The fourth-order valence-corrected chi connectivity index (χ4v) is 8.79. The number of hydrogen-bond acceptors (Lipinski definition) is 2. The summed E-state index contributed by atoms with van der Waals surface area (Å²) < 4.78 is 0. The number of aryl methyl sites for hydroxylation is 2. The van der Waals surface area contributed by atoms with E-state index in [4.69, 9.17) is 0 Å². The molecule has 0 aromatic heterocycles. The average molecular weight is 687 g/mol. The molecule has 0 aliphatic heterocycles. The highest BCUT2D eigenvalue weighted by Gasteiger charge is 2.46. The molecular formula is C51H42O2. The Morgan fingerprint density at radius 2 is 0.811 bits per heavy atom. The second kappa shape index (κ2) is 13.1. The summed E-state index contributed by atoms with van der Waals surface area (Å²) in [5.41, 5.74) is 14.2. The molecule has 0 bridgehead atoms. The van der Waals surface area contributed by atoms with Gasteiger partial charge in [-0.25, -0.2) is 0 Å². The molecule has 0 fully saturated rings. The third-order valence-corrected chi connectivity index (χ3v) is 11.2. The smallest absolute Gasteiger partial charge is 0.116 e. The lowest BCUT2D eigenvalue weighted by Crippen LogP contribution is -2.28. The Morgan fingerprint density at radius 1 is 0.396 bits per heavy atom. The molecule has 1 aliphatic rings. The van der Waals surface area contributed by atoms with Crippen LogP contribution in [-0.4, -0.2) is 10.2 Å². The van der Waals surface area contributed by atoms with E-state index < -0.39 is 5.41 Å². The minimum atomic E-state index is -0.670. The van der Waals surface area contributed by atoms with Gasteiger partial charge in [-0.15, -0.1) is 0 Å². The molecule has 0 atom stereocenters. The lowest BCUT2D eigenvalue weighted by atomic mass is 9.66. The summed E-state index contributed by atoms with van der Waals surface area (Å²) in [6, 6.07) is 56.8. The van der Waals surface area contributed by atoms with E-state index in [1.54, 1.807) is 12.1 Å². The van der Waals surface area contributed by atoms with Crippen LogP contribution in [0, 0.1) is 0 Å². The van der Waals surface area contributed by atoms with Crippen molar-refractivity contribution in [1.82, 2.24) is 0 Å². The van der Waals surface area contributed by atoms with Gasteiger partial charge in [-0.3, -0.25) is 0 Å². The fraction of sp³-hybridized carbons (Fsp3) is 0.137. The first-order chi connectivity index (χ1) is 25.9. The standard InChI is InChI=1S/C51H42O2/c1-3-7-33-9-5-11-35(25-33)41-17-23-47-48-24-18-42(36-12-6-10-34(26-36)8-4-2)32-50(48)51(49(47)31-41,43-19-13-39-29-45(52)21-15-37(39)27-43)44-20-14-40-30-46(53)22-16-38(40)28-44/h5-6,9-32,52-53H,3-4,7-8H2,1-2H3. The number of phenols is 2. The van der Waals surface area contributed by atoms with Gasteiger partial charge in [0.15, 0.2) is 0 Å². The Labute approximate surface area is 311 Å². The van der Waals surface area contributed by atoms with Gasteiger partial charge < -0.3 is 10.2 Å². The predicted molar refractivity (Wildman–Crippen MR) is 221 cm³/mol. The van der Waals surface area contributed by atoms with Gasteiger partial charge in [0, 0.05) is 0 Å². The van der Waals surface area contributed by atoms with Crippen LogP contribution in [0.4, 0.5) is 0 Å². The number of fused-ring (bicyclic) bond motifs is 5. The summed E-state index contributed by atoms with van der Waals surface area (Å²) >= 11 is 0. The molecule has 0 unspecified atom stereocenters. The van der Waals surface area contributed by atoms with Crippen molar-refractivity contribution >= 4 is 21.5 Å². The Kier molecular flexibility index (Phi) is 8.12. The van der Waals surface area contributed by atoms with Crippen molar-refractivity contribution in [3.63, 3.8) is 0 Å². The zero-order chi connectivity index (χ0) is 36.1. The van der Waals surface area contributed by atoms with Gasteiger partial charge in [0.2, 0.25) is 0 Å². The van der Waals surface area contributed by atoms with Crippen LogP contribution in [0.3, 0.4) is 0 Å². The maximum absolute atomic E-state index is 10.4. The first kappa shape index (κ1) is 32.8. The van der Waals surface area contributed by atoms with Crippen molar-refractivity contribution in [2.24, 2.45) is 0 Å². The first-order valence-corrected chi connectivity index (χ1v) is 18.9. The van der Waals surface area contributed by atoms with E-state index in [-0.39, 0.29) is 11.5 Å². The lowest BCUT2D eigenvalue weighted by molar-refractivity contribution is 0.475. The van der Waals surface area contributed by atoms with Crippen LogP contribution in [0.15, 0.2) is 158 Å². The maximum atomic E-state index is 10.4. The molecule has 258 valence electrons. The van der Waals surface area contributed by atoms with Crippen LogP contribution in [0.5, 0.6) is 11.5 Å². The average Bonchev–Trinajstić information content (AvgIpc) is 3.47. The molecule has 0 heterocycles. The van der Waals surface area contributed by atoms with Gasteiger partial charge in [-0.05, 0) is 150 Å². The Morgan fingerprint density at radius 3 is 1.26 bits per heavy atom. The predicted octanol–water partition coefficient (Wildman–Crippen LogP) is 13.0. The van der Waals surface area contributed by atoms with Crippen molar-refractivity contribution in [1.29, 1.82) is 0 Å². The topological polar surface area (TPSA) is 40.5 Å². The molecule has 1 aliphatic carbocycles. The van der Waals surface area contributed by atoms with E-state index in [2.05, 4.69) is 135 Å². The van der Waals surface area contributed by atoms with E-state index >= 15 is 0 Å². The zero-order valence-corrected chi connectivity index (χ0v) is 30.2. The van der Waals surface area contributed by atoms with E-state index in [9.17, 15) is 10.2 Å². The van der Waals surface area contributed by atoms with Crippen LogP contribution in [0.2, 0.25) is 0 Å². The van der Waals surface area contributed by atoms with Crippen LogP contribution in [-0.2, 0) is 18.3 Å². The monoisotopic (exact) mass is 686 g/mol. The van der Waals surface area contributed by atoms with E-state index in [0.717, 1.165) is 47.2 Å².